The molecule has 0 aromatic carbocycles. The summed E-state index contributed by atoms with van der Waals surface area (Å²) in [5.74, 6) is 0. The molecule has 0 amide bonds. The van der Waals surface area contributed by atoms with Crippen molar-refractivity contribution in [1.29, 1.82) is 10.8 Å². The molecule has 106 valence electrons. The summed E-state index contributed by atoms with van der Waals surface area (Å²) in [5, 5.41) is 14.1. The van der Waals surface area contributed by atoms with Crippen LogP contribution in [0, 0.1) is 10.8 Å². The van der Waals surface area contributed by atoms with Crippen LogP contribution in [-0.4, -0.2) is 17.2 Å². The largest absolute Gasteiger partial charge is 0.298 e. The summed E-state index contributed by atoms with van der Waals surface area (Å²) in [6, 6.07) is 2.95. The Morgan fingerprint density at radius 1 is 1.11 bits per heavy atom. The van der Waals surface area contributed by atoms with Crippen LogP contribution in [0.5, 0.6) is 0 Å². The summed E-state index contributed by atoms with van der Waals surface area (Å²) >= 11 is 0. The van der Waals surface area contributed by atoms with E-state index in [9.17, 15) is 4.79 Å². The lowest BCUT2D eigenvalue weighted by atomic mass is 10.0. The van der Waals surface area contributed by atoms with E-state index >= 15 is 0 Å². The van der Waals surface area contributed by atoms with Crippen molar-refractivity contribution in [2.24, 2.45) is 0 Å². The van der Waals surface area contributed by atoms with Crippen LogP contribution in [0.25, 0.3) is 0 Å². The summed E-state index contributed by atoms with van der Waals surface area (Å²) in [6.07, 6.45) is 12.2. The average molecular weight is 263 g/mol. The monoisotopic (exact) mass is 263 g/mol. The molecule has 4 heteroatoms. The molecule has 0 spiro atoms. The molecule has 1 fully saturated rings. The van der Waals surface area contributed by atoms with E-state index in [4.69, 9.17) is 10.8 Å². The Kier molecular flexibility index (Phi) is 10.4. The second-order valence-corrected chi connectivity index (χ2v) is 4.12. The Labute approximate surface area is 115 Å². The minimum Gasteiger partial charge on any atom is -0.298 e. The van der Waals surface area contributed by atoms with Gasteiger partial charge in [0.05, 0.1) is 6.34 Å². The fraction of sp³-hybridized carbons (Fsp3) is 0.533. The lowest BCUT2D eigenvalue weighted by molar-refractivity contribution is 0.112. The highest BCUT2D eigenvalue weighted by Crippen LogP contribution is 2.15. The van der Waals surface area contributed by atoms with E-state index in [1.165, 1.54) is 55.4 Å². The van der Waals surface area contributed by atoms with Gasteiger partial charge in [-0.2, -0.15) is 0 Å². The van der Waals surface area contributed by atoms with Crippen molar-refractivity contribution in [1.82, 2.24) is 4.57 Å². The Hall–Kier alpha value is -1.71. The normalized spacial score (nSPS) is 13.2. The smallest absolute Gasteiger partial charge is 0.150 e. The van der Waals surface area contributed by atoms with Crippen molar-refractivity contribution in [3.8, 4) is 0 Å². The van der Waals surface area contributed by atoms with Gasteiger partial charge in [-0.3, -0.25) is 20.2 Å². The van der Waals surface area contributed by atoms with Gasteiger partial charge >= 0.3 is 0 Å². The third-order valence-corrected chi connectivity index (χ3v) is 2.78. The molecule has 1 aliphatic rings. The van der Waals surface area contributed by atoms with Crippen LogP contribution in [-0.2, 0) is 0 Å². The number of pyridine rings is 1. The summed E-state index contributed by atoms with van der Waals surface area (Å²) in [7, 11) is 0. The minimum absolute atomic E-state index is 0.129. The van der Waals surface area contributed by atoms with Gasteiger partial charge in [0, 0.05) is 11.8 Å². The number of aldehydes is 1. The van der Waals surface area contributed by atoms with Gasteiger partial charge in [-0.15, -0.1) is 0 Å². The number of nitrogens with zero attached hydrogens (tertiary/aromatic N) is 1. The van der Waals surface area contributed by atoms with Gasteiger partial charge in [-0.05, 0) is 12.1 Å². The van der Waals surface area contributed by atoms with Gasteiger partial charge < -0.3 is 0 Å². The molecule has 1 aromatic heterocycles. The molecule has 1 heterocycles. The van der Waals surface area contributed by atoms with Crippen molar-refractivity contribution < 1.29 is 4.79 Å². The summed E-state index contributed by atoms with van der Waals surface area (Å²) < 4.78 is 1.30. The number of aromatic nitrogens is 1. The van der Waals surface area contributed by atoms with Gasteiger partial charge in [0.1, 0.15) is 11.8 Å². The molecule has 19 heavy (non-hydrogen) atoms. The highest BCUT2D eigenvalue weighted by atomic mass is 16.1. The summed E-state index contributed by atoms with van der Waals surface area (Å²) in [6.45, 7) is 4.00. The first-order valence-corrected chi connectivity index (χ1v) is 7.00. The first-order chi connectivity index (χ1) is 9.27. The quantitative estimate of drug-likeness (QED) is 0.477. The van der Waals surface area contributed by atoms with E-state index in [-0.39, 0.29) is 5.49 Å². The molecule has 0 radical (unpaired) electrons. The SMILES string of the molecule is C1CCCCC1.CC.N=Cn1ccc(C=O)cc1=N. The van der Waals surface area contributed by atoms with E-state index in [0.29, 0.717) is 11.8 Å². The Balaban J connectivity index is 0.000000341. The van der Waals surface area contributed by atoms with Crippen molar-refractivity contribution in [3.05, 3.63) is 29.4 Å². The fourth-order valence-corrected chi connectivity index (χ4v) is 1.77. The molecule has 1 aromatic rings. The van der Waals surface area contributed by atoms with E-state index in [1.54, 1.807) is 6.07 Å². The third-order valence-electron chi connectivity index (χ3n) is 2.78. The summed E-state index contributed by atoms with van der Waals surface area (Å²) in [5.41, 5.74) is 0.581. The first-order valence-electron chi connectivity index (χ1n) is 7.00. The molecule has 0 bridgehead atoms. The second kappa shape index (κ2) is 11.4. The third kappa shape index (κ3) is 7.34. The Bertz CT molecular complexity index is 408. The molecule has 2 rings (SSSR count). The predicted octanol–water partition coefficient (Wildman–Crippen LogP) is 3.60. The van der Waals surface area contributed by atoms with E-state index in [1.807, 2.05) is 13.8 Å². The zero-order chi connectivity index (χ0) is 14.5. The number of nitrogens with one attached hydrogen (secondary N) is 2. The molecule has 2 N–H and O–H groups in total. The number of hydrogen-bond donors (Lipinski definition) is 2. The predicted molar refractivity (Wildman–Crippen MR) is 78.9 cm³/mol. The Morgan fingerprint density at radius 3 is 1.89 bits per heavy atom. The maximum atomic E-state index is 10.2. The average Bonchev–Trinajstić information content (AvgIpc) is 2.51. The van der Waals surface area contributed by atoms with Crippen LogP contribution >= 0.6 is 0 Å². The molecule has 1 aliphatic carbocycles. The van der Waals surface area contributed by atoms with Crippen LogP contribution in [0.4, 0.5) is 0 Å². The molecule has 0 unspecified atom stereocenters. The topological polar surface area (TPSA) is 69.7 Å². The van der Waals surface area contributed by atoms with Crippen molar-refractivity contribution in [3.63, 3.8) is 0 Å². The number of carbonyl (C=O) groups excluding carboxylic acids is 1. The lowest BCUT2D eigenvalue weighted by Crippen LogP contribution is -2.18. The molecule has 4 nitrogen and oxygen atoms in total. The standard InChI is InChI=1S/C7H7N3O.C6H12.C2H6/c8-5-10-2-1-6(4-11)3-7(10)9;1-2-4-6-5-3-1;1-2/h1-5,8-9H;1-6H2;1-2H3. The minimum atomic E-state index is 0.129. The van der Waals surface area contributed by atoms with Gasteiger partial charge in [0.25, 0.3) is 0 Å². The van der Waals surface area contributed by atoms with Gasteiger partial charge in [-0.1, -0.05) is 52.4 Å². The zero-order valence-electron chi connectivity index (χ0n) is 12.0. The van der Waals surface area contributed by atoms with E-state index < -0.39 is 0 Å². The van der Waals surface area contributed by atoms with Crippen LogP contribution < -0.4 is 5.49 Å². The molecular formula is C15H25N3O. The van der Waals surface area contributed by atoms with Gasteiger partial charge in [-0.25, -0.2) is 0 Å². The van der Waals surface area contributed by atoms with E-state index in [0.717, 1.165) is 6.34 Å². The van der Waals surface area contributed by atoms with Gasteiger partial charge in [0.2, 0.25) is 0 Å². The molecule has 0 atom stereocenters. The van der Waals surface area contributed by atoms with Crippen molar-refractivity contribution in [2.45, 2.75) is 52.4 Å². The van der Waals surface area contributed by atoms with Crippen LogP contribution in [0.1, 0.15) is 62.7 Å². The number of hydrogen-bond acceptors (Lipinski definition) is 3. The van der Waals surface area contributed by atoms with Crippen LogP contribution in [0.15, 0.2) is 18.3 Å². The number of rotatable bonds is 2. The Morgan fingerprint density at radius 2 is 1.58 bits per heavy atom. The van der Waals surface area contributed by atoms with Crippen LogP contribution in [0.3, 0.4) is 0 Å². The molecule has 1 saturated carbocycles. The lowest BCUT2D eigenvalue weighted by Gasteiger charge is -2.05. The van der Waals surface area contributed by atoms with Gasteiger partial charge in [0.15, 0.2) is 0 Å². The second-order valence-electron chi connectivity index (χ2n) is 4.12. The maximum absolute atomic E-state index is 10.2. The van der Waals surface area contributed by atoms with Crippen molar-refractivity contribution in [2.75, 3.05) is 0 Å². The summed E-state index contributed by atoms with van der Waals surface area (Å²) in [4.78, 5) is 10.2. The molecule has 0 saturated heterocycles. The highest BCUT2D eigenvalue weighted by Gasteiger charge is 1.95. The number of carbonyl (C=O) groups is 1. The fourth-order valence-electron chi connectivity index (χ4n) is 1.77. The highest BCUT2D eigenvalue weighted by molar-refractivity contribution is 5.74. The van der Waals surface area contributed by atoms with Crippen LogP contribution in [0.2, 0.25) is 0 Å². The molecular weight excluding hydrogens is 238 g/mol. The molecule has 0 aliphatic heterocycles. The van der Waals surface area contributed by atoms with Crippen molar-refractivity contribution >= 4 is 12.6 Å². The maximum Gasteiger partial charge on any atom is 0.150 e. The van der Waals surface area contributed by atoms with E-state index in [2.05, 4.69) is 0 Å². The zero-order valence-corrected chi connectivity index (χ0v) is 12.0. The first kappa shape index (κ1) is 17.3.